The minimum Gasteiger partial charge on any atom is -0.493 e. The number of nitrogens with zero attached hydrogens (tertiary/aromatic N) is 1. The Kier molecular flexibility index (Phi) is 5.98. The van der Waals surface area contributed by atoms with E-state index in [0.717, 1.165) is 5.56 Å². The number of hydrogen-bond acceptors (Lipinski definition) is 7. The lowest BCUT2D eigenvalue weighted by atomic mass is 10.2. The van der Waals surface area contributed by atoms with Crippen LogP contribution in [0.5, 0.6) is 23.0 Å². The molecule has 0 aromatic heterocycles. The quantitative estimate of drug-likeness (QED) is 0.566. The first-order valence-electron chi connectivity index (χ1n) is 8.35. The Morgan fingerprint density at radius 3 is 2.85 bits per heavy atom. The molecule has 3 rings (SSSR count). The van der Waals surface area contributed by atoms with E-state index in [1.54, 1.807) is 37.4 Å². The fourth-order valence-corrected chi connectivity index (χ4v) is 2.40. The number of carbonyl (C=O) groups excluding carboxylic acids is 1. The molecule has 27 heavy (non-hydrogen) atoms. The van der Waals surface area contributed by atoms with Crippen LogP contribution in [0.3, 0.4) is 0 Å². The zero-order valence-corrected chi connectivity index (χ0v) is 15.1. The van der Waals surface area contributed by atoms with E-state index in [9.17, 15) is 4.79 Å². The molecule has 0 fully saturated rings. The number of anilines is 1. The van der Waals surface area contributed by atoms with Gasteiger partial charge in [-0.15, -0.1) is 0 Å². The van der Waals surface area contributed by atoms with Crippen LogP contribution in [0.25, 0.3) is 0 Å². The summed E-state index contributed by atoms with van der Waals surface area (Å²) in [5.41, 5.74) is 1.35. The van der Waals surface area contributed by atoms with E-state index in [2.05, 4.69) is 10.5 Å². The Bertz CT molecular complexity index is 837. The van der Waals surface area contributed by atoms with E-state index in [-0.39, 0.29) is 19.3 Å². The van der Waals surface area contributed by atoms with E-state index in [4.69, 9.17) is 23.8 Å². The molecule has 0 saturated heterocycles. The highest BCUT2D eigenvalue weighted by molar-refractivity contribution is 5.92. The summed E-state index contributed by atoms with van der Waals surface area (Å²) in [5.74, 6) is 2.16. The van der Waals surface area contributed by atoms with Gasteiger partial charge in [0.2, 0.25) is 6.79 Å². The van der Waals surface area contributed by atoms with E-state index < -0.39 is 0 Å². The van der Waals surface area contributed by atoms with Gasteiger partial charge in [-0.1, -0.05) is 5.16 Å². The van der Waals surface area contributed by atoms with Gasteiger partial charge in [0.25, 0.3) is 5.91 Å². The molecule has 142 valence electrons. The minimum absolute atomic E-state index is 0.181. The molecule has 0 unspecified atom stereocenters. The second-order valence-electron chi connectivity index (χ2n) is 5.47. The first-order valence-corrected chi connectivity index (χ1v) is 8.35. The predicted molar refractivity (Wildman–Crippen MR) is 98.9 cm³/mol. The second kappa shape index (κ2) is 8.79. The van der Waals surface area contributed by atoms with Gasteiger partial charge in [-0.3, -0.25) is 4.79 Å². The number of methoxy groups -OCH3 is 1. The van der Waals surface area contributed by atoms with Crippen molar-refractivity contribution in [3.8, 4) is 23.0 Å². The first-order chi connectivity index (χ1) is 13.2. The van der Waals surface area contributed by atoms with Gasteiger partial charge in [0, 0.05) is 17.3 Å². The minimum atomic E-state index is -0.338. The fraction of sp³-hybridized carbons (Fsp3) is 0.263. The number of carbonyl (C=O) groups is 1. The monoisotopic (exact) mass is 372 g/mol. The van der Waals surface area contributed by atoms with Crippen LogP contribution in [-0.4, -0.2) is 39.2 Å². The van der Waals surface area contributed by atoms with Crippen LogP contribution < -0.4 is 24.3 Å². The van der Waals surface area contributed by atoms with Crippen LogP contribution >= 0.6 is 0 Å². The van der Waals surface area contributed by atoms with Crippen molar-refractivity contribution in [3.05, 3.63) is 42.0 Å². The maximum Gasteiger partial charge on any atom is 0.265 e. The topological polar surface area (TPSA) is 87.6 Å². The van der Waals surface area contributed by atoms with Gasteiger partial charge in [0.05, 0.1) is 19.9 Å². The fourth-order valence-electron chi connectivity index (χ4n) is 2.40. The lowest BCUT2D eigenvalue weighted by molar-refractivity contribution is -0.120. The van der Waals surface area contributed by atoms with E-state index in [0.29, 0.717) is 35.3 Å². The van der Waals surface area contributed by atoms with Crippen LogP contribution in [0.1, 0.15) is 12.5 Å². The molecule has 0 aliphatic carbocycles. The number of fused-ring (bicyclic) bond motifs is 1. The Balaban J connectivity index is 1.49. The maximum absolute atomic E-state index is 11.9. The highest BCUT2D eigenvalue weighted by Gasteiger charge is 2.14. The molecule has 1 heterocycles. The SMILES string of the molecule is CCOc1ccc(/C=N\OCC(=O)Nc2ccc3c(c2)OCO3)cc1OC. The molecule has 1 aliphatic heterocycles. The Hall–Kier alpha value is -3.42. The van der Waals surface area contributed by atoms with Crippen molar-refractivity contribution in [2.75, 3.05) is 32.4 Å². The third-order valence-corrected chi connectivity index (χ3v) is 3.62. The van der Waals surface area contributed by atoms with Crippen molar-refractivity contribution in [2.45, 2.75) is 6.92 Å². The van der Waals surface area contributed by atoms with Crippen molar-refractivity contribution in [2.24, 2.45) is 5.16 Å². The summed E-state index contributed by atoms with van der Waals surface area (Å²) < 4.78 is 21.2. The number of ether oxygens (including phenoxy) is 4. The second-order valence-corrected chi connectivity index (χ2v) is 5.47. The average Bonchev–Trinajstić information content (AvgIpc) is 3.14. The number of benzene rings is 2. The largest absolute Gasteiger partial charge is 0.493 e. The summed E-state index contributed by atoms with van der Waals surface area (Å²) in [7, 11) is 1.57. The van der Waals surface area contributed by atoms with Crippen molar-refractivity contribution < 1.29 is 28.6 Å². The van der Waals surface area contributed by atoms with Crippen molar-refractivity contribution in [1.82, 2.24) is 0 Å². The molecule has 8 heteroatoms. The zero-order chi connectivity index (χ0) is 19.1. The number of nitrogens with one attached hydrogen (secondary N) is 1. The number of hydrogen-bond donors (Lipinski definition) is 1. The molecule has 1 N–H and O–H groups in total. The van der Waals surface area contributed by atoms with E-state index >= 15 is 0 Å². The van der Waals surface area contributed by atoms with Crippen molar-refractivity contribution >= 4 is 17.8 Å². The zero-order valence-electron chi connectivity index (χ0n) is 15.1. The first kappa shape index (κ1) is 18.4. The lowest BCUT2D eigenvalue weighted by Crippen LogP contribution is -2.16. The Morgan fingerprint density at radius 2 is 2.04 bits per heavy atom. The summed E-state index contributed by atoms with van der Waals surface area (Å²) in [5, 5.41) is 6.51. The standard InChI is InChI=1S/C19H20N2O6/c1-3-24-15-6-4-13(8-17(15)23-2)10-20-27-11-19(22)21-14-5-7-16-18(9-14)26-12-25-16/h4-10H,3,11-12H2,1-2H3,(H,21,22)/b20-10-. The third kappa shape index (κ3) is 4.81. The predicted octanol–water partition coefficient (Wildman–Crippen LogP) is 2.81. The number of amides is 1. The molecule has 2 aromatic rings. The molecule has 1 aliphatic rings. The average molecular weight is 372 g/mol. The van der Waals surface area contributed by atoms with Crippen molar-refractivity contribution in [3.63, 3.8) is 0 Å². The molecular formula is C19H20N2O6. The lowest BCUT2D eigenvalue weighted by Gasteiger charge is -2.09. The summed E-state index contributed by atoms with van der Waals surface area (Å²) >= 11 is 0. The van der Waals surface area contributed by atoms with Gasteiger partial charge in [0.1, 0.15) is 0 Å². The molecular weight excluding hydrogens is 352 g/mol. The molecule has 0 saturated carbocycles. The van der Waals surface area contributed by atoms with Crippen LogP contribution in [-0.2, 0) is 9.63 Å². The maximum atomic E-state index is 11.9. The highest BCUT2D eigenvalue weighted by atomic mass is 16.7. The van der Waals surface area contributed by atoms with Crippen LogP contribution in [0.15, 0.2) is 41.6 Å². The summed E-state index contributed by atoms with van der Waals surface area (Å²) in [6.45, 7) is 2.41. The molecule has 2 aromatic carbocycles. The van der Waals surface area contributed by atoms with Crippen LogP contribution in [0, 0.1) is 0 Å². The van der Waals surface area contributed by atoms with Crippen LogP contribution in [0.2, 0.25) is 0 Å². The molecule has 0 spiro atoms. The normalized spacial score (nSPS) is 12.1. The molecule has 1 amide bonds. The van der Waals surface area contributed by atoms with Gasteiger partial charge in [-0.05, 0) is 37.3 Å². The molecule has 0 radical (unpaired) electrons. The number of oxime groups is 1. The highest BCUT2D eigenvalue weighted by Crippen LogP contribution is 2.34. The van der Waals surface area contributed by atoms with Crippen LogP contribution in [0.4, 0.5) is 5.69 Å². The summed E-state index contributed by atoms with van der Waals surface area (Å²) in [4.78, 5) is 17.0. The van der Waals surface area contributed by atoms with Gasteiger partial charge in [0.15, 0.2) is 29.6 Å². The van der Waals surface area contributed by atoms with Gasteiger partial charge in [-0.25, -0.2) is 0 Å². The van der Waals surface area contributed by atoms with Gasteiger partial charge in [-0.2, -0.15) is 0 Å². The Morgan fingerprint density at radius 1 is 1.19 bits per heavy atom. The summed E-state index contributed by atoms with van der Waals surface area (Å²) in [6.07, 6.45) is 1.49. The molecule has 8 nitrogen and oxygen atoms in total. The smallest absolute Gasteiger partial charge is 0.265 e. The molecule has 0 atom stereocenters. The summed E-state index contributed by atoms with van der Waals surface area (Å²) in [6, 6.07) is 10.5. The van der Waals surface area contributed by atoms with Crippen molar-refractivity contribution in [1.29, 1.82) is 0 Å². The number of rotatable bonds is 8. The van der Waals surface area contributed by atoms with Gasteiger partial charge < -0.3 is 29.1 Å². The Labute approximate surface area is 156 Å². The molecule has 0 bridgehead atoms. The van der Waals surface area contributed by atoms with E-state index in [1.807, 2.05) is 13.0 Å². The van der Waals surface area contributed by atoms with Gasteiger partial charge >= 0.3 is 0 Å². The third-order valence-electron chi connectivity index (χ3n) is 3.62. The van der Waals surface area contributed by atoms with E-state index in [1.165, 1.54) is 6.21 Å².